The average Bonchev–Trinajstić information content (AvgIpc) is 2.71. The van der Waals surface area contributed by atoms with E-state index in [1.54, 1.807) is 6.07 Å². The minimum Gasteiger partial charge on any atom is -0.507 e. The van der Waals surface area contributed by atoms with Gasteiger partial charge in [0.25, 0.3) is 0 Å². The van der Waals surface area contributed by atoms with Gasteiger partial charge in [0.15, 0.2) is 0 Å². The normalized spacial score (nSPS) is 11.1. The molecule has 1 N–H and O–H groups in total. The summed E-state index contributed by atoms with van der Waals surface area (Å²) >= 11 is 6.21. The highest BCUT2D eigenvalue weighted by Crippen LogP contribution is 2.33. The number of para-hydroxylation sites is 1. The number of phenols is 1. The molecule has 0 unspecified atom stereocenters. The van der Waals surface area contributed by atoms with Crippen molar-refractivity contribution >= 4 is 22.6 Å². The van der Waals surface area contributed by atoms with Crippen LogP contribution in [-0.2, 0) is 7.05 Å². The first-order valence-corrected chi connectivity index (χ1v) is 6.36. The zero-order valence-electron chi connectivity index (χ0n) is 10.7. The SMILES string of the molecule is Cc1ccc(O)c(-c2nc3cccc(Cl)c3n2C)c1. The van der Waals surface area contributed by atoms with Crippen molar-refractivity contribution in [3.05, 3.63) is 47.0 Å². The van der Waals surface area contributed by atoms with Crippen LogP contribution in [0.1, 0.15) is 5.56 Å². The molecule has 96 valence electrons. The highest BCUT2D eigenvalue weighted by atomic mass is 35.5. The Bertz CT molecular complexity index is 777. The van der Waals surface area contributed by atoms with Crippen LogP contribution in [0.3, 0.4) is 0 Å². The summed E-state index contributed by atoms with van der Waals surface area (Å²) in [5.41, 5.74) is 3.49. The lowest BCUT2D eigenvalue weighted by atomic mass is 10.1. The molecule has 0 atom stereocenters. The van der Waals surface area contributed by atoms with Crippen LogP contribution in [0, 0.1) is 6.92 Å². The van der Waals surface area contributed by atoms with Gasteiger partial charge >= 0.3 is 0 Å². The molecule has 0 saturated heterocycles. The van der Waals surface area contributed by atoms with Crippen molar-refractivity contribution in [2.24, 2.45) is 7.05 Å². The number of aryl methyl sites for hydroxylation is 2. The molecular formula is C15H13ClN2O. The Balaban J connectivity index is 2.34. The quantitative estimate of drug-likeness (QED) is 0.729. The van der Waals surface area contributed by atoms with E-state index in [1.165, 1.54) is 0 Å². The van der Waals surface area contributed by atoms with E-state index < -0.39 is 0 Å². The van der Waals surface area contributed by atoms with Gasteiger partial charge < -0.3 is 9.67 Å². The Morgan fingerprint density at radius 3 is 2.74 bits per heavy atom. The van der Waals surface area contributed by atoms with Gasteiger partial charge in [-0.05, 0) is 31.2 Å². The predicted octanol–water partition coefficient (Wildman–Crippen LogP) is 3.91. The largest absolute Gasteiger partial charge is 0.507 e. The Kier molecular flexibility index (Phi) is 2.72. The van der Waals surface area contributed by atoms with Gasteiger partial charge in [0.2, 0.25) is 0 Å². The highest BCUT2D eigenvalue weighted by molar-refractivity contribution is 6.35. The van der Waals surface area contributed by atoms with Crippen molar-refractivity contribution in [2.75, 3.05) is 0 Å². The number of nitrogens with zero attached hydrogens (tertiary/aromatic N) is 2. The van der Waals surface area contributed by atoms with Gasteiger partial charge in [-0.1, -0.05) is 29.3 Å². The molecule has 1 heterocycles. The van der Waals surface area contributed by atoms with Crippen LogP contribution in [0.5, 0.6) is 5.75 Å². The third-order valence-corrected chi connectivity index (χ3v) is 3.54. The molecule has 0 radical (unpaired) electrons. The number of imidazole rings is 1. The molecule has 0 aliphatic heterocycles. The van der Waals surface area contributed by atoms with Crippen molar-refractivity contribution in [3.63, 3.8) is 0 Å². The standard InChI is InChI=1S/C15H13ClN2O/c1-9-6-7-13(19)10(8-9)15-17-12-5-3-4-11(16)14(12)18(15)2/h3-8,19H,1-2H3. The van der Waals surface area contributed by atoms with E-state index >= 15 is 0 Å². The van der Waals surface area contributed by atoms with Gasteiger partial charge in [-0.3, -0.25) is 0 Å². The maximum atomic E-state index is 10.0. The van der Waals surface area contributed by atoms with Crippen molar-refractivity contribution in [1.82, 2.24) is 9.55 Å². The second-order valence-electron chi connectivity index (χ2n) is 4.62. The molecule has 0 saturated carbocycles. The van der Waals surface area contributed by atoms with Crippen LogP contribution in [0.25, 0.3) is 22.4 Å². The molecule has 0 spiro atoms. The van der Waals surface area contributed by atoms with Crippen molar-refractivity contribution in [1.29, 1.82) is 0 Å². The second-order valence-corrected chi connectivity index (χ2v) is 5.03. The van der Waals surface area contributed by atoms with Gasteiger partial charge in [0, 0.05) is 7.05 Å². The van der Waals surface area contributed by atoms with Gasteiger partial charge in [-0.15, -0.1) is 0 Å². The molecule has 3 rings (SSSR count). The summed E-state index contributed by atoms with van der Waals surface area (Å²) in [5, 5.41) is 10.7. The molecule has 0 fully saturated rings. The Labute approximate surface area is 116 Å². The number of hydrogen-bond acceptors (Lipinski definition) is 2. The number of rotatable bonds is 1. The number of phenolic OH excluding ortho intramolecular Hbond substituents is 1. The van der Waals surface area contributed by atoms with Crippen LogP contribution >= 0.6 is 11.6 Å². The lowest BCUT2D eigenvalue weighted by Crippen LogP contribution is -1.93. The molecule has 0 aliphatic rings. The Morgan fingerprint density at radius 1 is 1.21 bits per heavy atom. The molecule has 3 aromatic rings. The fraction of sp³-hybridized carbons (Fsp3) is 0.133. The molecule has 19 heavy (non-hydrogen) atoms. The number of fused-ring (bicyclic) bond motifs is 1. The van der Waals surface area contributed by atoms with Crippen molar-refractivity contribution < 1.29 is 5.11 Å². The van der Waals surface area contributed by atoms with Crippen LogP contribution in [-0.4, -0.2) is 14.7 Å². The van der Waals surface area contributed by atoms with Gasteiger partial charge in [0.05, 0.1) is 21.6 Å². The number of aromatic hydroxyl groups is 1. The van der Waals surface area contributed by atoms with E-state index in [4.69, 9.17) is 11.6 Å². The number of aromatic nitrogens is 2. The molecule has 0 bridgehead atoms. The number of hydrogen-bond donors (Lipinski definition) is 1. The van der Waals surface area contributed by atoms with E-state index in [2.05, 4.69) is 4.98 Å². The minimum absolute atomic E-state index is 0.222. The Morgan fingerprint density at radius 2 is 2.00 bits per heavy atom. The summed E-state index contributed by atoms with van der Waals surface area (Å²) in [5.74, 6) is 0.935. The first kappa shape index (κ1) is 12.1. The lowest BCUT2D eigenvalue weighted by molar-refractivity contribution is 0.476. The molecule has 2 aromatic carbocycles. The van der Waals surface area contributed by atoms with Crippen LogP contribution in [0.2, 0.25) is 5.02 Å². The maximum absolute atomic E-state index is 10.0. The number of halogens is 1. The third-order valence-electron chi connectivity index (χ3n) is 3.24. The second kappa shape index (κ2) is 4.28. The smallest absolute Gasteiger partial charge is 0.144 e. The topological polar surface area (TPSA) is 38.1 Å². The maximum Gasteiger partial charge on any atom is 0.144 e. The van der Waals surface area contributed by atoms with E-state index in [0.29, 0.717) is 10.8 Å². The van der Waals surface area contributed by atoms with Crippen LogP contribution in [0.4, 0.5) is 0 Å². The monoisotopic (exact) mass is 272 g/mol. The summed E-state index contributed by atoms with van der Waals surface area (Å²) in [6.07, 6.45) is 0. The summed E-state index contributed by atoms with van der Waals surface area (Å²) in [6, 6.07) is 11.1. The van der Waals surface area contributed by atoms with E-state index in [0.717, 1.165) is 22.2 Å². The fourth-order valence-electron chi connectivity index (χ4n) is 2.29. The zero-order chi connectivity index (χ0) is 13.6. The first-order chi connectivity index (χ1) is 9.08. The summed E-state index contributed by atoms with van der Waals surface area (Å²) < 4.78 is 1.91. The van der Waals surface area contributed by atoms with Crippen molar-refractivity contribution in [2.45, 2.75) is 6.92 Å². The van der Waals surface area contributed by atoms with Crippen LogP contribution in [0.15, 0.2) is 36.4 Å². The fourth-order valence-corrected chi connectivity index (χ4v) is 2.59. The highest BCUT2D eigenvalue weighted by Gasteiger charge is 2.14. The minimum atomic E-state index is 0.222. The predicted molar refractivity (Wildman–Crippen MR) is 77.6 cm³/mol. The third kappa shape index (κ3) is 1.87. The average molecular weight is 273 g/mol. The Hall–Kier alpha value is -2.00. The summed E-state index contributed by atoms with van der Waals surface area (Å²) in [4.78, 5) is 4.56. The molecule has 3 nitrogen and oxygen atoms in total. The van der Waals surface area contributed by atoms with Gasteiger partial charge in [0.1, 0.15) is 11.6 Å². The summed E-state index contributed by atoms with van der Waals surface area (Å²) in [7, 11) is 1.90. The first-order valence-electron chi connectivity index (χ1n) is 5.99. The molecule has 4 heteroatoms. The van der Waals surface area contributed by atoms with Crippen LogP contribution < -0.4 is 0 Å². The molecule has 0 aliphatic carbocycles. The molecular weight excluding hydrogens is 260 g/mol. The van der Waals surface area contributed by atoms with E-state index in [1.807, 2.05) is 48.9 Å². The van der Waals surface area contributed by atoms with Gasteiger partial charge in [-0.2, -0.15) is 0 Å². The van der Waals surface area contributed by atoms with E-state index in [9.17, 15) is 5.11 Å². The summed E-state index contributed by atoms with van der Waals surface area (Å²) in [6.45, 7) is 1.98. The van der Waals surface area contributed by atoms with Crippen molar-refractivity contribution in [3.8, 4) is 17.1 Å². The number of benzene rings is 2. The van der Waals surface area contributed by atoms with E-state index in [-0.39, 0.29) is 5.75 Å². The van der Waals surface area contributed by atoms with Gasteiger partial charge in [-0.25, -0.2) is 4.98 Å². The molecule has 1 aromatic heterocycles. The zero-order valence-corrected chi connectivity index (χ0v) is 11.4. The molecule has 0 amide bonds. The lowest BCUT2D eigenvalue weighted by Gasteiger charge is -2.06.